The van der Waals surface area contributed by atoms with Crippen LogP contribution in [0.4, 0.5) is 5.69 Å². The highest BCUT2D eigenvalue weighted by molar-refractivity contribution is 7.80. The Labute approximate surface area is 162 Å². The van der Waals surface area contributed by atoms with Gasteiger partial charge in [0, 0.05) is 17.6 Å². The minimum absolute atomic E-state index is 0.0784. The van der Waals surface area contributed by atoms with Gasteiger partial charge in [-0.25, -0.2) is 0 Å². The molecule has 2 aromatic carbocycles. The van der Waals surface area contributed by atoms with Crippen LogP contribution < -0.4 is 16.3 Å². The molecule has 0 atom stereocenters. The standard InChI is InChI=1S/C20H20N4O2S/c1-3-24-16-12-8-7-11-15(16)18(25)17(19(24)26)13(2)22-23-20(27)21-14-9-5-4-6-10-14/h4-12,25H,3H2,1-2H3,(H2,21,23,27)/b22-13+. The lowest BCUT2D eigenvalue weighted by atomic mass is 10.1. The number of fused-ring (bicyclic) bond motifs is 1. The van der Waals surface area contributed by atoms with Gasteiger partial charge in [-0.2, -0.15) is 5.10 Å². The van der Waals surface area contributed by atoms with Gasteiger partial charge in [0.15, 0.2) is 5.11 Å². The van der Waals surface area contributed by atoms with E-state index in [1.165, 1.54) is 0 Å². The molecule has 0 saturated heterocycles. The third kappa shape index (κ3) is 3.83. The molecule has 0 aliphatic heterocycles. The second kappa shape index (κ2) is 8.01. The number of nitrogens with one attached hydrogen (secondary N) is 2. The number of hydrogen-bond donors (Lipinski definition) is 3. The number of pyridine rings is 1. The van der Waals surface area contributed by atoms with Crippen LogP contribution in [-0.4, -0.2) is 20.5 Å². The van der Waals surface area contributed by atoms with Gasteiger partial charge < -0.3 is 15.0 Å². The van der Waals surface area contributed by atoms with E-state index in [4.69, 9.17) is 12.2 Å². The monoisotopic (exact) mass is 380 g/mol. The lowest BCUT2D eigenvalue weighted by molar-refractivity contribution is 0.477. The second-order valence-corrected chi connectivity index (χ2v) is 6.33. The summed E-state index contributed by atoms with van der Waals surface area (Å²) in [7, 11) is 0. The SMILES string of the molecule is CCn1c(=O)c(/C(C)=N/NC(=S)Nc2ccccc2)c(O)c2ccccc21. The van der Waals surface area contributed by atoms with Gasteiger partial charge in [-0.1, -0.05) is 30.3 Å². The highest BCUT2D eigenvalue weighted by Crippen LogP contribution is 2.26. The van der Waals surface area contributed by atoms with Crippen LogP contribution in [0.3, 0.4) is 0 Å². The van der Waals surface area contributed by atoms with Crippen molar-refractivity contribution in [1.82, 2.24) is 9.99 Å². The summed E-state index contributed by atoms with van der Waals surface area (Å²) in [6.45, 7) is 4.03. The molecule has 0 bridgehead atoms. The Kier molecular flexibility index (Phi) is 5.52. The highest BCUT2D eigenvalue weighted by atomic mass is 32.1. The van der Waals surface area contributed by atoms with Crippen molar-refractivity contribution >= 4 is 39.6 Å². The van der Waals surface area contributed by atoms with Gasteiger partial charge in [0.2, 0.25) is 0 Å². The fourth-order valence-corrected chi connectivity index (χ4v) is 3.06. The van der Waals surface area contributed by atoms with Crippen LogP contribution in [0.25, 0.3) is 10.9 Å². The molecule has 0 amide bonds. The topological polar surface area (TPSA) is 78.7 Å². The number of nitrogens with zero attached hydrogens (tertiary/aromatic N) is 2. The smallest absolute Gasteiger partial charge is 0.263 e. The normalized spacial score (nSPS) is 11.4. The van der Waals surface area contributed by atoms with Crippen molar-refractivity contribution in [2.75, 3.05) is 5.32 Å². The predicted molar refractivity (Wildman–Crippen MR) is 114 cm³/mol. The Morgan fingerprint density at radius 2 is 1.81 bits per heavy atom. The van der Waals surface area contributed by atoms with Crippen LogP contribution in [0.2, 0.25) is 0 Å². The first-order chi connectivity index (χ1) is 13.0. The number of anilines is 1. The molecule has 0 unspecified atom stereocenters. The summed E-state index contributed by atoms with van der Waals surface area (Å²) in [5.74, 6) is -0.0784. The number of aryl methyl sites for hydroxylation is 1. The van der Waals surface area contributed by atoms with Crippen molar-refractivity contribution in [3.63, 3.8) is 0 Å². The fourth-order valence-electron chi connectivity index (χ4n) is 2.90. The average Bonchev–Trinajstić information content (AvgIpc) is 2.68. The van der Waals surface area contributed by atoms with Crippen LogP contribution >= 0.6 is 12.2 Å². The van der Waals surface area contributed by atoms with Crippen LogP contribution in [0, 0.1) is 0 Å². The Hall–Kier alpha value is -3.19. The van der Waals surface area contributed by atoms with E-state index in [1.807, 2.05) is 55.5 Å². The number of hydrogen-bond acceptors (Lipinski definition) is 4. The average molecular weight is 380 g/mol. The van der Waals surface area contributed by atoms with Crippen molar-refractivity contribution in [2.45, 2.75) is 20.4 Å². The fraction of sp³-hybridized carbons (Fsp3) is 0.150. The summed E-state index contributed by atoms with van der Waals surface area (Å²) < 4.78 is 1.62. The number of aromatic hydroxyl groups is 1. The molecule has 0 saturated carbocycles. The Morgan fingerprint density at radius 3 is 2.52 bits per heavy atom. The van der Waals surface area contributed by atoms with Gasteiger partial charge in [-0.3, -0.25) is 10.2 Å². The van der Waals surface area contributed by atoms with E-state index in [9.17, 15) is 9.90 Å². The minimum Gasteiger partial charge on any atom is -0.506 e. The number of benzene rings is 2. The number of hydrazone groups is 1. The predicted octanol–water partition coefficient (Wildman–Crippen LogP) is 3.44. The number of rotatable bonds is 4. The quantitative estimate of drug-likeness (QED) is 0.367. The second-order valence-electron chi connectivity index (χ2n) is 5.92. The van der Waals surface area contributed by atoms with E-state index in [-0.39, 0.29) is 22.0 Å². The Morgan fingerprint density at radius 1 is 1.15 bits per heavy atom. The van der Waals surface area contributed by atoms with E-state index >= 15 is 0 Å². The summed E-state index contributed by atoms with van der Waals surface area (Å²) >= 11 is 5.22. The van der Waals surface area contributed by atoms with Gasteiger partial charge >= 0.3 is 0 Å². The number of para-hydroxylation sites is 2. The maximum atomic E-state index is 12.9. The van der Waals surface area contributed by atoms with E-state index in [2.05, 4.69) is 15.8 Å². The molecule has 3 rings (SSSR count). The van der Waals surface area contributed by atoms with Crippen LogP contribution in [0.15, 0.2) is 64.5 Å². The molecular formula is C20H20N4O2S. The van der Waals surface area contributed by atoms with E-state index in [0.29, 0.717) is 23.2 Å². The number of aromatic nitrogens is 1. The van der Waals surface area contributed by atoms with E-state index < -0.39 is 0 Å². The summed E-state index contributed by atoms with van der Waals surface area (Å²) in [5, 5.41) is 18.7. The van der Waals surface area contributed by atoms with Gasteiger partial charge in [-0.05, 0) is 50.3 Å². The largest absolute Gasteiger partial charge is 0.506 e. The molecule has 0 fully saturated rings. The first-order valence-electron chi connectivity index (χ1n) is 8.54. The number of thiocarbonyl (C=S) groups is 1. The molecule has 1 heterocycles. The molecule has 0 radical (unpaired) electrons. The first-order valence-corrected chi connectivity index (χ1v) is 8.95. The highest BCUT2D eigenvalue weighted by Gasteiger charge is 2.17. The minimum atomic E-state index is -0.293. The summed E-state index contributed by atoms with van der Waals surface area (Å²) in [6.07, 6.45) is 0. The lowest BCUT2D eigenvalue weighted by Gasteiger charge is -2.14. The molecule has 7 heteroatoms. The summed E-state index contributed by atoms with van der Waals surface area (Å²) in [5.41, 5.74) is 4.45. The maximum Gasteiger partial charge on any atom is 0.263 e. The van der Waals surface area contributed by atoms with Gasteiger partial charge in [0.05, 0.1) is 11.2 Å². The molecule has 6 nitrogen and oxygen atoms in total. The molecule has 0 aliphatic rings. The van der Waals surface area contributed by atoms with Crippen molar-refractivity contribution in [1.29, 1.82) is 0 Å². The van der Waals surface area contributed by atoms with Gasteiger partial charge in [0.25, 0.3) is 5.56 Å². The summed E-state index contributed by atoms with van der Waals surface area (Å²) in [4.78, 5) is 12.9. The van der Waals surface area contributed by atoms with Crippen molar-refractivity contribution in [2.24, 2.45) is 5.10 Å². The van der Waals surface area contributed by atoms with E-state index in [0.717, 1.165) is 5.69 Å². The zero-order valence-corrected chi connectivity index (χ0v) is 15.9. The van der Waals surface area contributed by atoms with Crippen molar-refractivity contribution in [3.8, 4) is 5.75 Å². The Balaban J connectivity index is 1.93. The van der Waals surface area contributed by atoms with Crippen molar-refractivity contribution < 1.29 is 5.11 Å². The third-order valence-corrected chi connectivity index (χ3v) is 4.37. The van der Waals surface area contributed by atoms with E-state index in [1.54, 1.807) is 17.6 Å². The molecule has 0 spiro atoms. The van der Waals surface area contributed by atoms with Crippen LogP contribution in [-0.2, 0) is 6.54 Å². The molecule has 138 valence electrons. The summed E-state index contributed by atoms with van der Waals surface area (Å²) in [6, 6.07) is 16.7. The molecule has 0 aliphatic carbocycles. The van der Waals surface area contributed by atoms with Crippen LogP contribution in [0.5, 0.6) is 5.75 Å². The first kappa shape index (κ1) is 18.6. The zero-order valence-electron chi connectivity index (χ0n) is 15.1. The molecule has 3 aromatic rings. The molecular weight excluding hydrogens is 360 g/mol. The molecule has 3 N–H and O–H groups in total. The van der Waals surface area contributed by atoms with Gasteiger partial charge in [0.1, 0.15) is 11.3 Å². The zero-order chi connectivity index (χ0) is 19.4. The van der Waals surface area contributed by atoms with Crippen molar-refractivity contribution in [3.05, 3.63) is 70.5 Å². The molecule has 1 aromatic heterocycles. The lowest BCUT2D eigenvalue weighted by Crippen LogP contribution is -2.29. The third-order valence-electron chi connectivity index (χ3n) is 4.18. The van der Waals surface area contributed by atoms with Crippen LogP contribution in [0.1, 0.15) is 19.4 Å². The van der Waals surface area contributed by atoms with Gasteiger partial charge in [-0.15, -0.1) is 0 Å². The Bertz CT molecular complexity index is 1070. The maximum absolute atomic E-state index is 12.9. The molecule has 27 heavy (non-hydrogen) atoms.